The van der Waals surface area contributed by atoms with Crippen molar-refractivity contribution in [2.45, 2.75) is 24.5 Å². The van der Waals surface area contributed by atoms with Gasteiger partial charge in [0.15, 0.2) is 11.9 Å². The van der Waals surface area contributed by atoms with E-state index in [1.165, 1.54) is 6.07 Å². The Labute approximate surface area is 141 Å². The van der Waals surface area contributed by atoms with Crippen LogP contribution in [0.2, 0.25) is 0 Å². The minimum absolute atomic E-state index is 0.352. The molecule has 13 nitrogen and oxygen atoms in total. The second kappa shape index (κ2) is 8.37. The maximum Gasteiger partial charge on any atom is 0.288 e. The van der Waals surface area contributed by atoms with Crippen molar-refractivity contribution in [3.8, 4) is 6.07 Å². The van der Waals surface area contributed by atoms with E-state index in [-0.39, 0.29) is 0 Å². The van der Waals surface area contributed by atoms with Crippen molar-refractivity contribution in [3.63, 3.8) is 0 Å². The molecule has 0 radical (unpaired) electrons. The number of rotatable bonds is 7. The molecule has 1 aliphatic heterocycles. The summed E-state index contributed by atoms with van der Waals surface area (Å²) >= 11 is 0. The molecular weight excluding hydrogens is 338 g/mol. The molecule has 0 aromatic rings. The molecule has 1 saturated heterocycles. The quantitative estimate of drug-likeness (QED) is 0.0707. The lowest BCUT2D eigenvalue weighted by Crippen LogP contribution is -2.54. The number of hydrazine groups is 1. The highest BCUT2D eigenvalue weighted by atomic mass is 16.6. The topological polar surface area (TPSA) is 245 Å². The van der Waals surface area contributed by atoms with Crippen LogP contribution >= 0.6 is 0 Å². The highest BCUT2D eigenvalue weighted by molar-refractivity contribution is 6.13. The summed E-state index contributed by atoms with van der Waals surface area (Å²) in [4.78, 5) is 23.3. The molecule has 138 valence electrons. The highest BCUT2D eigenvalue weighted by Gasteiger charge is 2.46. The van der Waals surface area contributed by atoms with Gasteiger partial charge in [0, 0.05) is 0 Å². The van der Waals surface area contributed by atoms with Crippen LogP contribution in [-0.2, 0) is 14.3 Å². The number of hydrogen-bond acceptors (Lipinski definition) is 11. The Morgan fingerprint density at radius 3 is 2.36 bits per heavy atom. The Hall–Kier alpha value is -2.76. The van der Waals surface area contributed by atoms with Crippen molar-refractivity contribution in [3.05, 3.63) is 11.4 Å². The molecule has 4 unspecified atom stereocenters. The predicted octanol–water partition coefficient (Wildman–Crippen LogP) is -5.08. The van der Waals surface area contributed by atoms with Crippen molar-refractivity contribution in [2.24, 2.45) is 17.3 Å². The number of carbonyl (C=O) groups excluding carboxylic acids is 2. The van der Waals surface area contributed by atoms with Gasteiger partial charge in [-0.15, -0.1) is 0 Å². The molecular formula is C12H19N7O6. The largest absolute Gasteiger partial charge is 0.395 e. The first-order chi connectivity index (χ1) is 11.6. The first-order valence-electron chi connectivity index (χ1n) is 6.87. The fourth-order valence-corrected chi connectivity index (χ4v) is 2.00. The molecule has 1 heterocycles. The van der Waals surface area contributed by atoms with Crippen molar-refractivity contribution in [1.29, 1.82) is 10.7 Å². The van der Waals surface area contributed by atoms with E-state index in [0.717, 1.165) is 0 Å². The zero-order valence-corrected chi connectivity index (χ0v) is 12.9. The predicted molar refractivity (Wildman–Crippen MR) is 80.5 cm³/mol. The summed E-state index contributed by atoms with van der Waals surface area (Å²) < 4.78 is 5.09. The number of carbonyl (C=O) groups is 2. The van der Waals surface area contributed by atoms with Crippen molar-refractivity contribution >= 4 is 17.5 Å². The van der Waals surface area contributed by atoms with Gasteiger partial charge in [0.2, 0.25) is 5.91 Å². The maximum absolute atomic E-state index is 12.5. The van der Waals surface area contributed by atoms with E-state index in [2.05, 4.69) is 5.32 Å². The SMILES string of the molecule is N#CC(=N)/C(N)=C(\NCC(N)=O)C(=O)N(N)C1OC(CO)C(O)C1O. The molecule has 1 aliphatic rings. The van der Waals surface area contributed by atoms with Crippen molar-refractivity contribution in [2.75, 3.05) is 13.2 Å². The molecule has 0 aromatic carbocycles. The lowest BCUT2D eigenvalue weighted by Gasteiger charge is -2.27. The van der Waals surface area contributed by atoms with Gasteiger partial charge in [-0.25, -0.2) is 10.9 Å². The van der Waals surface area contributed by atoms with Gasteiger partial charge >= 0.3 is 0 Å². The Morgan fingerprint density at radius 1 is 1.32 bits per heavy atom. The van der Waals surface area contributed by atoms with Crippen LogP contribution in [0.4, 0.5) is 0 Å². The van der Waals surface area contributed by atoms with Gasteiger partial charge < -0.3 is 36.8 Å². The number of nitrogens with two attached hydrogens (primary N) is 3. The zero-order valence-electron chi connectivity index (χ0n) is 12.9. The summed E-state index contributed by atoms with van der Waals surface area (Å²) in [5.74, 6) is 3.58. The number of aliphatic hydroxyl groups excluding tert-OH is 3. The van der Waals surface area contributed by atoms with Crippen LogP contribution in [0.5, 0.6) is 0 Å². The van der Waals surface area contributed by atoms with Gasteiger partial charge in [-0.05, 0) is 0 Å². The number of nitrogens with zero attached hydrogens (tertiary/aromatic N) is 2. The van der Waals surface area contributed by atoms with E-state index in [1.807, 2.05) is 0 Å². The number of amides is 2. The molecule has 1 rings (SSSR count). The third kappa shape index (κ3) is 4.41. The van der Waals surface area contributed by atoms with Crippen LogP contribution in [0.1, 0.15) is 0 Å². The van der Waals surface area contributed by atoms with Crippen LogP contribution < -0.4 is 22.6 Å². The number of nitriles is 1. The number of ether oxygens (including phenoxy) is 1. The van der Waals surface area contributed by atoms with E-state index >= 15 is 0 Å². The van der Waals surface area contributed by atoms with E-state index in [0.29, 0.717) is 5.01 Å². The normalized spacial score (nSPS) is 26.4. The summed E-state index contributed by atoms with van der Waals surface area (Å²) in [5.41, 5.74) is 8.50. The first kappa shape index (κ1) is 20.3. The van der Waals surface area contributed by atoms with Crippen LogP contribution in [-0.4, -0.2) is 75.5 Å². The number of nitrogens with one attached hydrogen (secondary N) is 2. The third-order valence-corrected chi connectivity index (χ3v) is 3.33. The van der Waals surface area contributed by atoms with Gasteiger partial charge in [-0.2, -0.15) is 5.26 Å². The van der Waals surface area contributed by atoms with Gasteiger partial charge in [-0.1, -0.05) is 0 Å². The molecule has 0 spiro atoms. The summed E-state index contributed by atoms with van der Waals surface area (Å²) in [5, 5.41) is 47.3. The molecule has 11 N–H and O–H groups in total. The molecule has 0 aliphatic carbocycles. The second-order valence-corrected chi connectivity index (χ2v) is 5.04. The van der Waals surface area contributed by atoms with Crippen LogP contribution in [0, 0.1) is 16.7 Å². The molecule has 25 heavy (non-hydrogen) atoms. The monoisotopic (exact) mass is 357 g/mol. The van der Waals surface area contributed by atoms with Crippen LogP contribution in [0.25, 0.3) is 0 Å². The van der Waals surface area contributed by atoms with Crippen molar-refractivity contribution in [1.82, 2.24) is 10.3 Å². The number of aliphatic hydroxyl groups is 3. The van der Waals surface area contributed by atoms with Gasteiger partial charge in [0.25, 0.3) is 5.91 Å². The molecule has 13 heteroatoms. The van der Waals surface area contributed by atoms with E-state index < -0.39 is 66.6 Å². The fraction of sp³-hybridized carbons (Fsp3) is 0.500. The molecule has 1 fully saturated rings. The molecule has 0 saturated carbocycles. The van der Waals surface area contributed by atoms with E-state index in [4.69, 9.17) is 37.8 Å². The zero-order chi connectivity index (χ0) is 19.3. The summed E-state index contributed by atoms with van der Waals surface area (Å²) in [6, 6.07) is 1.41. The molecule has 0 bridgehead atoms. The smallest absolute Gasteiger partial charge is 0.288 e. The maximum atomic E-state index is 12.5. The summed E-state index contributed by atoms with van der Waals surface area (Å²) in [7, 11) is 0. The fourth-order valence-electron chi connectivity index (χ4n) is 2.00. The highest BCUT2D eigenvalue weighted by Crippen LogP contribution is 2.23. The lowest BCUT2D eigenvalue weighted by atomic mass is 10.1. The average molecular weight is 357 g/mol. The molecule has 4 atom stereocenters. The summed E-state index contributed by atoms with van der Waals surface area (Å²) in [6.07, 6.45) is -5.87. The van der Waals surface area contributed by atoms with Crippen LogP contribution in [0.3, 0.4) is 0 Å². The Bertz CT molecular complexity index is 630. The lowest BCUT2D eigenvalue weighted by molar-refractivity contribution is -0.150. The molecule has 0 aromatic heterocycles. The van der Waals surface area contributed by atoms with Gasteiger partial charge in [0.1, 0.15) is 30.1 Å². The number of allylic oxidation sites excluding steroid dienone is 1. The summed E-state index contributed by atoms with van der Waals surface area (Å²) in [6.45, 7) is -1.19. The number of primary amides is 1. The van der Waals surface area contributed by atoms with Crippen molar-refractivity contribution < 1.29 is 29.6 Å². The van der Waals surface area contributed by atoms with Crippen LogP contribution in [0.15, 0.2) is 11.4 Å². The van der Waals surface area contributed by atoms with Gasteiger partial charge in [0.05, 0.1) is 18.8 Å². The second-order valence-electron chi connectivity index (χ2n) is 5.04. The van der Waals surface area contributed by atoms with E-state index in [1.54, 1.807) is 0 Å². The Balaban J connectivity index is 3.10. The minimum Gasteiger partial charge on any atom is -0.395 e. The number of hydrogen-bond donors (Lipinski definition) is 8. The molecule has 2 amide bonds. The first-order valence-corrected chi connectivity index (χ1v) is 6.87. The van der Waals surface area contributed by atoms with Gasteiger partial charge in [-0.3, -0.25) is 15.0 Å². The Kier molecular flexibility index (Phi) is 6.79. The third-order valence-electron chi connectivity index (χ3n) is 3.33. The Morgan fingerprint density at radius 2 is 1.92 bits per heavy atom. The van der Waals surface area contributed by atoms with E-state index in [9.17, 15) is 19.8 Å². The standard InChI is InChI=1S/C12H19N7O6/c13-1-4(14)7(16)8(18-2-6(15)21)11(24)19(17)12-10(23)9(22)5(3-20)25-12/h5,9-10,12,14,18,20,22-23H,2-3,16-17H2,(H2,15,21)/b8-7+,14-4?. The minimum atomic E-state index is -1.64. The average Bonchev–Trinajstić information content (AvgIpc) is 2.87.